The normalized spacial score (nSPS) is 16.0. The molecule has 33 heavy (non-hydrogen) atoms. The number of nitrogens with zero attached hydrogens (tertiary/aromatic N) is 2. The molecule has 7 nitrogen and oxygen atoms in total. The zero-order chi connectivity index (χ0) is 24.2. The quantitative estimate of drug-likeness (QED) is 0.636. The van der Waals surface area contributed by atoms with Gasteiger partial charge in [0.1, 0.15) is 4.90 Å². The Morgan fingerprint density at radius 1 is 1.06 bits per heavy atom. The lowest BCUT2D eigenvalue weighted by Gasteiger charge is -2.40. The summed E-state index contributed by atoms with van der Waals surface area (Å²) in [4.78, 5) is 27.2. The second-order valence-electron chi connectivity index (χ2n) is 8.14. The predicted octanol–water partition coefficient (Wildman–Crippen LogP) is 3.89. The zero-order valence-corrected chi connectivity index (χ0v) is 20.7. The first-order valence-corrected chi connectivity index (χ1v) is 12.9. The van der Waals surface area contributed by atoms with Crippen molar-refractivity contribution in [2.45, 2.75) is 43.9 Å². The Kier molecular flexibility index (Phi) is 7.82. The van der Waals surface area contributed by atoms with Crippen molar-refractivity contribution < 1.29 is 18.0 Å². The molecule has 1 aliphatic rings. The Morgan fingerprint density at radius 2 is 1.67 bits per heavy atom. The lowest BCUT2D eigenvalue weighted by Crippen LogP contribution is -2.50. The van der Waals surface area contributed by atoms with E-state index in [4.69, 9.17) is 11.6 Å². The Balaban J connectivity index is 1.95. The first-order chi connectivity index (χ1) is 15.7. The molecule has 2 aromatic carbocycles. The summed E-state index contributed by atoms with van der Waals surface area (Å²) in [6, 6.07) is 14.0. The van der Waals surface area contributed by atoms with Crippen LogP contribution in [0.15, 0.2) is 53.4 Å². The van der Waals surface area contributed by atoms with Crippen LogP contribution in [0.1, 0.15) is 39.2 Å². The van der Waals surface area contributed by atoms with Gasteiger partial charge < -0.3 is 10.2 Å². The number of benzene rings is 2. The highest BCUT2D eigenvalue weighted by Crippen LogP contribution is 2.37. The fourth-order valence-corrected chi connectivity index (χ4v) is 6.30. The number of carbonyl (C=O) groups is 2. The van der Waals surface area contributed by atoms with Gasteiger partial charge in [-0.25, -0.2) is 8.42 Å². The highest BCUT2D eigenvalue weighted by molar-refractivity contribution is 7.89. The number of nitrogens with one attached hydrogen (secondary N) is 1. The molecule has 9 heteroatoms. The van der Waals surface area contributed by atoms with E-state index in [2.05, 4.69) is 5.32 Å². The van der Waals surface area contributed by atoms with Gasteiger partial charge in [0, 0.05) is 38.8 Å². The molecule has 1 N–H and O–H groups in total. The topological polar surface area (TPSA) is 86.8 Å². The van der Waals surface area contributed by atoms with Gasteiger partial charge in [0.05, 0.1) is 10.4 Å². The van der Waals surface area contributed by atoms with Gasteiger partial charge in [0.25, 0.3) is 0 Å². The number of rotatable bonds is 7. The molecule has 2 amide bonds. The smallest absolute Gasteiger partial charge is 0.244 e. The highest BCUT2D eigenvalue weighted by Gasteiger charge is 2.43. The van der Waals surface area contributed by atoms with Gasteiger partial charge in [-0.2, -0.15) is 4.31 Å². The molecule has 0 radical (unpaired) electrons. The van der Waals surface area contributed by atoms with Crippen molar-refractivity contribution in [2.75, 3.05) is 31.5 Å². The summed E-state index contributed by atoms with van der Waals surface area (Å²) in [6.45, 7) is 6.63. The molecule has 3 rings (SSSR count). The van der Waals surface area contributed by atoms with Gasteiger partial charge in [-0.05, 0) is 36.6 Å². The second kappa shape index (κ2) is 10.2. The number of halogens is 1. The maximum atomic E-state index is 13.7. The molecule has 2 aromatic rings. The second-order valence-corrected chi connectivity index (χ2v) is 10.5. The lowest BCUT2D eigenvalue weighted by atomic mass is 9.72. The molecule has 0 spiro atoms. The van der Waals surface area contributed by atoms with E-state index in [1.54, 1.807) is 24.8 Å². The van der Waals surface area contributed by atoms with E-state index in [1.165, 1.54) is 23.4 Å². The fourth-order valence-electron chi connectivity index (χ4n) is 4.34. The molecule has 0 saturated carbocycles. The molecule has 1 heterocycles. The Bertz CT molecular complexity index is 1110. The average molecular weight is 492 g/mol. The average Bonchev–Trinajstić information content (AvgIpc) is 2.81. The first kappa shape index (κ1) is 25.2. The van der Waals surface area contributed by atoms with E-state index in [0.717, 1.165) is 5.56 Å². The van der Waals surface area contributed by atoms with Crippen LogP contribution in [0.4, 0.5) is 5.69 Å². The molecule has 0 aliphatic carbocycles. The number of hydrogen-bond acceptors (Lipinski definition) is 4. The van der Waals surface area contributed by atoms with Crippen molar-refractivity contribution in [2.24, 2.45) is 0 Å². The summed E-state index contributed by atoms with van der Waals surface area (Å²) in [7, 11) is -3.79. The number of piperidine rings is 1. The third kappa shape index (κ3) is 5.08. The minimum absolute atomic E-state index is 0.0129. The van der Waals surface area contributed by atoms with Crippen LogP contribution in [0.2, 0.25) is 5.02 Å². The van der Waals surface area contributed by atoms with Crippen LogP contribution < -0.4 is 5.32 Å². The molecular formula is C24H30ClN3O4S. The number of anilines is 1. The van der Waals surface area contributed by atoms with E-state index < -0.39 is 15.4 Å². The van der Waals surface area contributed by atoms with Crippen molar-refractivity contribution in [1.29, 1.82) is 0 Å². The zero-order valence-electron chi connectivity index (χ0n) is 19.2. The number of amides is 2. The van der Waals surface area contributed by atoms with Crippen LogP contribution >= 0.6 is 11.6 Å². The maximum absolute atomic E-state index is 13.7. The number of likely N-dealkylation sites (tertiary alicyclic amines) is 1. The van der Waals surface area contributed by atoms with Crippen LogP contribution in [-0.2, 0) is 25.0 Å². The molecule has 0 bridgehead atoms. The van der Waals surface area contributed by atoms with E-state index in [1.807, 2.05) is 30.3 Å². The van der Waals surface area contributed by atoms with Crippen LogP contribution in [-0.4, -0.2) is 55.6 Å². The molecular weight excluding hydrogens is 462 g/mol. The predicted molar refractivity (Wildman–Crippen MR) is 130 cm³/mol. The summed E-state index contributed by atoms with van der Waals surface area (Å²) >= 11 is 6.24. The van der Waals surface area contributed by atoms with Gasteiger partial charge in [0.15, 0.2) is 0 Å². The number of sulfonamides is 1. The van der Waals surface area contributed by atoms with E-state index in [-0.39, 0.29) is 21.7 Å². The third-order valence-electron chi connectivity index (χ3n) is 6.34. The van der Waals surface area contributed by atoms with Crippen molar-refractivity contribution in [3.05, 3.63) is 59.1 Å². The van der Waals surface area contributed by atoms with Crippen LogP contribution in [0, 0.1) is 0 Å². The molecule has 0 aromatic heterocycles. The molecule has 1 saturated heterocycles. The molecule has 178 valence electrons. The Hall–Kier alpha value is -2.42. The van der Waals surface area contributed by atoms with Crippen molar-refractivity contribution in [3.63, 3.8) is 0 Å². The van der Waals surface area contributed by atoms with Crippen molar-refractivity contribution in [1.82, 2.24) is 9.21 Å². The molecule has 1 fully saturated rings. The monoisotopic (exact) mass is 491 g/mol. The van der Waals surface area contributed by atoms with Crippen LogP contribution in [0.25, 0.3) is 0 Å². The fraction of sp³-hybridized carbons (Fsp3) is 0.417. The van der Waals surface area contributed by atoms with Gasteiger partial charge in [-0.15, -0.1) is 0 Å². The SMILES string of the molecule is CCN(CC)S(=O)(=O)c1cc(NC(=O)C2(c3ccccc3)CCN(C(C)=O)CC2)ccc1Cl. The van der Waals surface area contributed by atoms with Gasteiger partial charge in [-0.1, -0.05) is 55.8 Å². The standard InChI is InChI=1S/C24H30ClN3O4S/c1-4-28(5-2)33(31,32)22-17-20(11-12-21(22)25)26-23(30)24(19-9-7-6-8-10-19)13-15-27(16-14-24)18(3)29/h6-12,17H,4-5,13-16H2,1-3H3,(H,26,30). The largest absolute Gasteiger partial charge is 0.343 e. The summed E-state index contributed by atoms with van der Waals surface area (Å²) in [5, 5.41) is 3.03. The molecule has 0 unspecified atom stereocenters. The number of hydrogen-bond donors (Lipinski definition) is 1. The Labute approximate surface area is 200 Å². The number of carbonyl (C=O) groups excluding carboxylic acids is 2. The minimum atomic E-state index is -3.79. The molecule has 0 atom stereocenters. The van der Waals surface area contributed by atoms with Gasteiger partial charge in [0.2, 0.25) is 21.8 Å². The summed E-state index contributed by atoms with van der Waals surface area (Å²) < 4.78 is 27.4. The summed E-state index contributed by atoms with van der Waals surface area (Å²) in [5.41, 5.74) is 0.403. The van der Waals surface area contributed by atoms with Crippen molar-refractivity contribution in [3.8, 4) is 0 Å². The van der Waals surface area contributed by atoms with E-state index in [0.29, 0.717) is 44.7 Å². The lowest BCUT2D eigenvalue weighted by molar-refractivity contribution is -0.133. The van der Waals surface area contributed by atoms with Crippen molar-refractivity contribution >= 4 is 39.1 Å². The van der Waals surface area contributed by atoms with Crippen LogP contribution in [0.3, 0.4) is 0 Å². The van der Waals surface area contributed by atoms with Crippen LogP contribution in [0.5, 0.6) is 0 Å². The third-order valence-corrected chi connectivity index (χ3v) is 8.87. The van der Waals surface area contributed by atoms with Gasteiger partial charge >= 0.3 is 0 Å². The van der Waals surface area contributed by atoms with E-state index in [9.17, 15) is 18.0 Å². The van der Waals surface area contributed by atoms with E-state index >= 15 is 0 Å². The molecule has 1 aliphatic heterocycles. The summed E-state index contributed by atoms with van der Waals surface area (Å²) in [6.07, 6.45) is 0.946. The maximum Gasteiger partial charge on any atom is 0.244 e. The first-order valence-electron chi connectivity index (χ1n) is 11.1. The summed E-state index contributed by atoms with van der Waals surface area (Å²) in [5.74, 6) is -0.244. The minimum Gasteiger partial charge on any atom is -0.343 e. The Morgan fingerprint density at radius 3 is 2.21 bits per heavy atom. The van der Waals surface area contributed by atoms with Gasteiger partial charge in [-0.3, -0.25) is 9.59 Å². The highest BCUT2D eigenvalue weighted by atomic mass is 35.5.